The molecule has 0 saturated carbocycles. The monoisotopic (exact) mass is 412 g/mol. The summed E-state index contributed by atoms with van der Waals surface area (Å²) >= 11 is 0. The van der Waals surface area contributed by atoms with Crippen molar-refractivity contribution in [2.24, 2.45) is 17.3 Å². The Morgan fingerprint density at radius 2 is 1.60 bits per heavy atom. The van der Waals surface area contributed by atoms with E-state index in [-0.39, 0.29) is 10.8 Å². The lowest BCUT2D eigenvalue weighted by Crippen LogP contribution is -2.14. The lowest BCUT2D eigenvalue weighted by molar-refractivity contribution is 0.508. The van der Waals surface area contributed by atoms with E-state index in [0.717, 1.165) is 30.7 Å². The maximum absolute atomic E-state index is 9.88. The first-order valence-corrected chi connectivity index (χ1v) is 10.7. The van der Waals surface area contributed by atoms with Crippen LogP contribution in [0.2, 0.25) is 0 Å². The molecule has 0 aromatic carbocycles. The van der Waals surface area contributed by atoms with Crippen LogP contribution in [0.15, 0.2) is 10.2 Å². The highest BCUT2D eigenvalue weighted by atomic mass is 15.4. The lowest BCUT2D eigenvalue weighted by Gasteiger charge is -2.15. The van der Waals surface area contributed by atoms with Crippen LogP contribution in [0.5, 0.6) is 0 Å². The minimum atomic E-state index is -0.270. The van der Waals surface area contributed by atoms with Gasteiger partial charge in [-0.3, -0.25) is 4.68 Å². The van der Waals surface area contributed by atoms with Crippen molar-refractivity contribution in [2.45, 2.75) is 91.5 Å². The molecule has 0 aliphatic carbocycles. The largest absolute Gasteiger partial charge is 0.382 e. The van der Waals surface area contributed by atoms with Gasteiger partial charge in [0.25, 0.3) is 0 Å². The van der Waals surface area contributed by atoms with Crippen LogP contribution in [-0.2, 0) is 24.4 Å². The van der Waals surface area contributed by atoms with Gasteiger partial charge in [-0.05, 0) is 6.42 Å². The van der Waals surface area contributed by atoms with Crippen LogP contribution in [0.25, 0.3) is 0 Å². The Labute approximate surface area is 180 Å². The molecule has 0 radical (unpaired) electrons. The van der Waals surface area contributed by atoms with Crippen LogP contribution in [-0.4, -0.2) is 19.6 Å². The van der Waals surface area contributed by atoms with Gasteiger partial charge in [0, 0.05) is 24.4 Å². The van der Waals surface area contributed by atoms with Gasteiger partial charge >= 0.3 is 0 Å². The van der Waals surface area contributed by atoms with Gasteiger partial charge in [-0.15, -0.1) is 10.2 Å². The van der Waals surface area contributed by atoms with Crippen molar-refractivity contribution in [1.82, 2.24) is 19.6 Å². The summed E-state index contributed by atoms with van der Waals surface area (Å²) in [5, 5.41) is 28.1. The maximum Gasteiger partial charge on any atom is 0.191 e. The van der Waals surface area contributed by atoms with E-state index < -0.39 is 0 Å². The molecule has 0 atom stereocenters. The van der Waals surface area contributed by atoms with E-state index in [1.54, 1.807) is 11.7 Å². The number of nitriles is 1. The molecule has 0 unspecified atom stereocenters. The number of azo groups is 1. The molecule has 8 heteroatoms. The van der Waals surface area contributed by atoms with Crippen LogP contribution < -0.4 is 5.73 Å². The molecule has 0 aliphatic rings. The first kappa shape index (κ1) is 23.6. The maximum atomic E-state index is 9.88. The fourth-order valence-electron chi connectivity index (χ4n) is 3.25. The third kappa shape index (κ3) is 5.07. The van der Waals surface area contributed by atoms with E-state index >= 15 is 0 Å². The zero-order chi connectivity index (χ0) is 22.7. The molecule has 0 fully saturated rings. The molecule has 2 aromatic rings. The third-order valence-corrected chi connectivity index (χ3v) is 4.99. The van der Waals surface area contributed by atoms with Crippen molar-refractivity contribution in [3.63, 3.8) is 0 Å². The summed E-state index contributed by atoms with van der Waals surface area (Å²) in [6, 6.07) is 2.30. The summed E-state index contributed by atoms with van der Waals surface area (Å²) in [6.07, 6.45) is 4.44. The Hall–Kier alpha value is -2.69. The molecule has 164 valence electrons. The number of nitrogens with two attached hydrogens (primary N) is 1. The average molecular weight is 413 g/mol. The molecule has 30 heavy (non-hydrogen) atoms. The number of nitrogen functional groups attached to an aromatic ring is 1. The Bertz CT molecular complexity index is 942. The second kappa shape index (κ2) is 8.99. The second-order valence-electron chi connectivity index (χ2n) is 9.85. The third-order valence-electron chi connectivity index (χ3n) is 4.99. The molecule has 0 bridgehead atoms. The molecule has 0 saturated heterocycles. The number of unbranched alkanes of at least 4 members (excludes halogenated alkanes) is 3. The van der Waals surface area contributed by atoms with Crippen molar-refractivity contribution in [3.8, 4) is 6.07 Å². The Morgan fingerprint density at radius 1 is 0.967 bits per heavy atom. The summed E-state index contributed by atoms with van der Waals surface area (Å²) in [4.78, 5) is 0. The van der Waals surface area contributed by atoms with E-state index in [2.05, 4.69) is 69.9 Å². The SMILES string of the molecule is CCCCCCn1nc(C(C)(C)C)c(C#N)c1N=Nc1c(C(C)(C)C)nn(C)c1N. The number of rotatable bonds is 7. The molecule has 0 amide bonds. The Morgan fingerprint density at radius 3 is 2.13 bits per heavy atom. The zero-order valence-corrected chi connectivity index (χ0v) is 19.7. The standard InChI is InChI=1S/C22H36N8/c1-9-10-11-12-13-30-20(15(14-23)17(28-30)21(2,3)4)26-25-16-18(22(5,6)7)27-29(8)19(16)24/h9-13,24H2,1-8H3. The lowest BCUT2D eigenvalue weighted by atomic mass is 9.90. The molecule has 0 spiro atoms. The van der Waals surface area contributed by atoms with Crippen molar-refractivity contribution in [1.29, 1.82) is 5.26 Å². The van der Waals surface area contributed by atoms with Gasteiger partial charge in [0.15, 0.2) is 11.5 Å². The van der Waals surface area contributed by atoms with Gasteiger partial charge < -0.3 is 5.73 Å². The van der Waals surface area contributed by atoms with E-state index in [1.807, 2.05) is 4.68 Å². The number of nitrogens with zero attached hydrogens (tertiary/aromatic N) is 7. The molecule has 2 heterocycles. The topological polar surface area (TPSA) is 110 Å². The van der Waals surface area contributed by atoms with Crippen molar-refractivity contribution >= 4 is 17.3 Å². The van der Waals surface area contributed by atoms with E-state index in [9.17, 15) is 5.26 Å². The number of anilines is 1. The van der Waals surface area contributed by atoms with E-state index in [0.29, 0.717) is 29.4 Å². The highest BCUT2D eigenvalue weighted by Crippen LogP contribution is 2.37. The predicted molar refractivity (Wildman–Crippen MR) is 120 cm³/mol. The van der Waals surface area contributed by atoms with Crippen LogP contribution >= 0.6 is 0 Å². The van der Waals surface area contributed by atoms with Crippen molar-refractivity contribution in [3.05, 3.63) is 17.0 Å². The summed E-state index contributed by atoms with van der Waals surface area (Å²) < 4.78 is 3.43. The van der Waals surface area contributed by atoms with Crippen molar-refractivity contribution in [2.75, 3.05) is 5.73 Å². The van der Waals surface area contributed by atoms with Crippen molar-refractivity contribution < 1.29 is 0 Å². The van der Waals surface area contributed by atoms with Crippen LogP contribution in [0.1, 0.15) is 91.1 Å². The minimum Gasteiger partial charge on any atom is -0.382 e. The molecular weight excluding hydrogens is 376 g/mol. The zero-order valence-electron chi connectivity index (χ0n) is 19.7. The number of hydrogen-bond donors (Lipinski definition) is 1. The van der Waals surface area contributed by atoms with Gasteiger partial charge in [0.2, 0.25) is 0 Å². The summed E-state index contributed by atoms with van der Waals surface area (Å²) in [7, 11) is 1.79. The number of hydrogen-bond acceptors (Lipinski definition) is 6. The first-order valence-electron chi connectivity index (χ1n) is 10.7. The summed E-state index contributed by atoms with van der Waals surface area (Å²) in [5.41, 5.74) is 8.25. The minimum absolute atomic E-state index is 0.237. The van der Waals surface area contributed by atoms with Gasteiger partial charge in [0.1, 0.15) is 17.5 Å². The second-order valence-corrected chi connectivity index (χ2v) is 9.85. The first-order chi connectivity index (χ1) is 13.9. The predicted octanol–water partition coefficient (Wildman–Crippen LogP) is 5.66. The van der Waals surface area contributed by atoms with Gasteiger partial charge in [-0.1, -0.05) is 67.7 Å². The molecule has 2 N–H and O–H groups in total. The molecule has 0 aliphatic heterocycles. The molecule has 8 nitrogen and oxygen atoms in total. The fourth-order valence-corrected chi connectivity index (χ4v) is 3.25. The number of aromatic nitrogens is 4. The average Bonchev–Trinajstić information content (AvgIpc) is 3.14. The van der Waals surface area contributed by atoms with Gasteiger partial charge in [0.05, 0.1) is 11.4 Å². The molecule has 2 aromatic heterocycles. The normalized spacial score (nSPS) is 12.6. The van der Waals surface area contributed by atoms with E-state index in [4.69, 9.17) is 10.8 Å². The fraction of sp³-hybridized carbons (Fsp3) is 0.682. The van der Waals surface area contributed by atoms with E-state index in [1.165, 1.54) is 6.42 Å². The number of aryl methyl sites for hydroxylation is 2. The smallest absolute Gasteiger partial charge is 0.191 e. The Balaban J connectivity index is 2.55. The summed E-state index contributed by atoms with van der Waals surface area (Å²) in [5.74, 6) is 0.939. The van der Waals surface area contributed by atoms with Crippen LogP contribution in [0, 0.1) is 11.3 Å². The quantitative estimate of drug-likeness (QED) is 0.467. The highest BCUT2D eigenvalue weighted by Gasteiger charge is 2.28. The van der Waals surface area contributed by atoms with Crippen LogP contribution in [0.3, 0.4) is 0 Å². The molecule has 2 rings (SSSR count). The summed E-state index contributed by atoms with van der Waals surface area (Å²) in [6.45, 7) is 15.2. The van der Waals surface area contributed by atoms with Gasteiger partial charge in [-0.2, -0.15) is 15.5 Å². The Kier molecular flexibility index (Phi) is 7.06. The van der Waals surface area contributed by atoms with Crippen LogP contribution in [0.4, 0.5) is 17.3 Å². The highest BCUT2D eigenvalue weighted by molar-refractivity contribution is 5.63. The molecular formula is C22H36N8. The van der Waals surface area contributed by atoms with Gasteiger partial charge in [-0.25, -0.2) is 4.68 Å².